The van der Waals surface area contributed by atoms with Gasteiger partial charge in [-0.3, -0.25) is 0 Å². The third-order valence-electron chi connectivity index (χ3n) is 8.36. The smallest absolute Gasteiger partial charge is 0.159 e. The van der Waals surface area contributed by atoms with E-state index in [1.165, 1.54) is 49.0 Å². The first-order valence-electron chi connectivity index (χ1n) is 14.2. The highest BCUT2D eigenvalue weighted by atomic mass is 15.0. The molecule has 0 unspecified atom stereocenters. The van der Waals surface area contributed by atoms with Gasteiger partial charge >= 0.3 is 0 Å². The van der Waals surface area contributed by atoms with Crippen LogP contribution < -0.4 is 0 Å². The van der Waals surface area contributed by atoms with Crippen molar-refractivity contribution in [3.8, 4) is 22.8 Å². The SMILES string of the molecule is c1ccc(-c2ncc(-n3c4ccccc4c4cc5cc6c(cc5cc43)c3ccccc3n6-c3ccccc3)cn2)cc1. The van der Waals surface area contributed by atoms with Crippen LogP contribution in [0.5, 0.6) is 0 Å². The highest BCUT2D eigenvalue weighted by Gasteiger charge is 2.17. The first-order chi connectivity index (χ1) is 20.8. The van der Waals surface area contributed by atoms with E-state index in [1.807, 2.05) is 42.7 Å². The van der Waals surface area contributed by atoms with Crippen LogP contribution in [0.3, 0.4) is 0 Å². The molecule has 0 amide bonds. The molecule has 0 N–H and O–H groups in total. The molecule has 6 aromatic carbocycles. The van der Waals surface area contributed by atoms with Crippen molar-refractivity contribution in [2.75, 3.05) is 0 Å². The Balaban J connectivity index is 1.32. The highest BCUT2D eigenvalue weighted by molar-refractivity contribution is 6.18. The largest absolute Gasteiger partial charge is 0.309 e. The standard InChI is InChI=1S/C38H24N4/c1-3-11-25(12-4-1)38-39-23-29(24-40-38)42-35-18-10-8-16-31(35)33-20-26-21-36-32(19-27(26)22-37(33)42)30-15-7-9-17-34(30)41(36)28-13-5-2-6-14-28/h1-24H. The van der Waals surface area contributed by atoms with Gasteiger partial charge in [-0.15, -0.1) is 0 Å². The molecule has 0 fully saturated rings. The Morgan fingerprint density at radius 1 is 0.381 bits per heavy atom. The Labute approximate surface area is 241 Å². The Morgan fingerprint density at radius 3 is 1.43 bits per heavy atom. The Kier molecular flexibility index (Phi) is 4.87. The van der Waals surface area contributed by atoms with Crippen molar-refractivity contribution in [1.29, 1.82) is 0 Å². The van der Waals surface area contributed by atoms with E-state index < -0.39 is 0 Å². The van der Waals surface area contributed by atoms with Gasteiger partial charge in [0.2, 0.25) is 0 Å². The molecule has 0 saturated heterocycles. The van der Waals surface area contributed by atoms with E-state index in [0.717, 1.165) is 28.1 Å². The van der Waals surface area contributed by atoms with E-state index in [0.29, 0.717) is 0 Å². The van der Waals surface area contributed by atoms with Crippen LogP contribution >= 0.6 is 0 Å². The molecule has 196 valence electrons. The molecule has 0 saturated carbocycles. The van der Waals surface area contributed by atoms with E-state index in [9.17, 15) is 0 Å². The van der Waals surface area contributed by atoms with Crippen LogP contribution in [0.4, 0.5) is 0 Å². The Bertz CT molecular complexity index is 2430. The second-order valence-corrected chi connectivity index (χ2v) is 10.8. The van der Waals surface area contributed by atoms with Gasteiger partial charge in [-0.05, 0) is 59.3 Å². The lowest BCUT2D eigenvalue weighted by Crippen LogP contribution is -1.97. The van der Waals surface area contributed by atoms with Gasteiger partial charge in [0.15, 0.2) is 5.82 Å². The van der Waals surface area contributed by atoms with Crippen LogP contribution in [0.1, 0.15) is 0 Å². The molecule has 42 heavy (non-hydrogen) atoms. The quantitative estimate of drug-likeness (QED) is 0.225. The third-order valence-corrected chi connectivity index (χ3v) is 8.36. The number of hydrogen-bond donors (Lipinski definition) is 0. The van der Waals surface area contributed by atoms with Crippen LogP contribution in [0, 0.1) is 0 Å². The summed E-state index contributed by atoms with van der Waals surface area (Å²) in [6, 6.07) is 47.4. The average Bonchev–Trinajstić information content (AvgIpc) is 3.55. The number of fused-ring (bicyclic) bond motifs is 7. The predicted molar refractivity (Wildman–Crippen MR) is 174 cm³/mol. The van der Waals surface area contributed by atoms with E-state index in [2.05, 4.69) is 112 Å². The minimum absolute atomic E-state index is 0.725. The molecule has 0 bridgehead atoms. The highest BCUT2D eigenvalue weighted by Crippen LogP contribution is 2.39. The van der Waals surface area contributed by atoms with Gasteiger partial charge in [0, 0.05) is 32.8 Å². The van der Waals surface area contributed by atoms with Gasteiger partial charge < -0.3 is 9.13 Å². The molecule has 0 atom stereocenters. The van der Waals surface area contributed by atoms with E-state index in [1.54, 1.807) is 0 Å². The summed E-state index contributed by atoms with van der Waals surface area (Å²) in [5.41, 5.74) is 7.83. The van der Waals surface area contributed by atoms with Gasteiger partial charge in [-0.1, -0.05) is 84.9 Å². The molecule has 9 aromatic rings. The van der Waals surface area contributed by atoms with Gasteiger partial charge in [0.1, 0.15) is 0 Å². The molecular weight excluding hydrogens is 512 g/mol. The summed E-state index contributed by atoms with van der Waals surface area (Å²) in [5, 5.41) is 7.35. The molecular formula is C38H24N4. The zero-order valence-corrected chi connectivity index (χ0v) is 22.6. The summed E-state index contributed by atoms with van der Waals surface area (Å²) in [6.07, 6.45) is 3.87. The van der Waals surface area contributed by atoms with Crippen LogP contribution in [-0.4, -0.2) is 19.1 Å². The maximum atomic E-state index is 4.75. The number of benzene rings is 6. The Morgan fingerprint density at radius 2 is 0.857 bits per heavy atom. The number of para-hydroxylation sites is 3. The lowest BCUT2D eigenvalue weighted by atomic mass is 10.0. The predicted octanol–water partition coefficient (Wildman–Crippen LogP) is 9.49. The molecule has 9 rings (SSSR count). The van der Waals surface area contributed by atoms with Gasteiger partial charge in [-0.2, -0.15) is 0 Å². The van der Waals surface area contributed by atoms with Crippen LogP contribution in [0.2, 0.25) is 0 Å². The fraction of sp³-hybridized carbons (Fsp3) is 0. The lowest BCUT2D eigenvalue weighted by Gasteiger charge is -2.10. The Hall–Kier alpha value is -5.74. The number of hydrogen-bond acceptors (Lipinski definition) is 2. The molecule has 0 aliphatic rings. The number of rotatable bonds is 3. The van der Waals surface area contributed by atoms with Crippen molar-refractivity contribution in [3.63, 3.8) is 0 Å². The van der Waals surface area contributed by atoms with Crippen molar-refractivity contribution in [2.24, 2.45) is 0 Å². The molecule has 3 aromatic heterocycles. The normalized spacial score (nSPS) is 11.8. The molecule has 0 aliphatic carbocycles. The summed E-state index contributed by atoms with van der Waals surface area (Å²) >= 11 is 0. The van der Waals surface area contributed by atoms with Crippen molar-refractivity contribution < 1.29 is 0 Å². The van der Waals surface area contributed by atoms with E-state index >= 15 is 0 Å². The molecule has 0 radical (unpaired) electrons. The first-order valence-corrected chi connectivity index (χ1v) is 14.2. The van der Waals surface area contributed by atoms with Crippen molar-refractivity contribution in [2.45, 2.75) is 0 Å². The van der Waals surface area contributed by atoms with Crippen molar-refractivity contribution in [1.82, 2.24) is 19.1 Å². The molecule has 4 heteroatoms. The maximum absolute atomic E-state index is 4.75. The second-order valence-electron chi connectivity index (χ2n) is 10.8. The zero-order valence-electron chi connectivity index (χ0n) is 22.6. The third kappa shape index (κ3) is 3.36. The van der Waals surface area contributed by atoms with Crippen LogP contribution in [0.15, 0.2) is 146 Å². The molecule has 4 nitrogen and oxygen atoms in total. The van der Waals surface area contributed by atoms with Crippen LogP contribution in [0.25, 0.3) is 77.1 Å². The summed E-state index contributed by atoms with van der Waals surface area (Å²) in [6.45, 7) is 0. The molecule has 0 spiro atoms. The fourth-order valence-corrected chi connectivity index (χ4v) is 6.49. The maximum Gasteiger partial charge on any atom is 0.159 e. The molecule has 0 aliphatic heterocycles. The minimum atomic E-state index is 0.725. The second kappa shape index (κ2) is 8.88. The summed E-state index contributed by atoms with van der Waals surface area (Å²) < 4.78 is 4.67. The van der Waals surface area contributed by atoms with Gasteiger partial charge in [0.05, 0.1) is 40.1 Å². The first kappa shape index (κ1) is 23.0. The van der Waals surface area contributed by atoms with Crippen LogP contribution in [-0.2, 0) is 0 Å². The summed E-state index contributed by atoms with van der Waals surface area (Å²) in [4.78, 5) is 9.51. The zero-order chi connectivity index (χ0) is 27.6. The monoisotopic (exact) mass is 536 g/mol. The lowest BCUT2D eigenvalue weighted by molar-refractivity contribution is 1.08. The minimum Gasteiger partial charge on any atom is -0.309 e. The molecule has 3 heterocycles. The summed E-state index contributed by atoms with van der Waals surface area (Å²) in [7, 11) is 0. The van der Waals surface area contributed by atoms with E-state index in [4.69, 9.17) is 9.97 Å². The number of nitrogens with zero attached hydrogens (tertiary/aromatic N) is 4. The number of aromatic nitrogens is 4. The summed E-state index contributed by atoms with van der Waals surface area (Å²) in [5.74, 6) is 0.725. The topological polar surface area (TPSA) is 35.6 Å². The van der Waals surface area contributed by atoms with Gasteiger partial charge in [0.25, 0.3) is 0 Å². The fourth-order valence-electron chi connectivity index (χ4n) is 6.49. The van der Waals surface area contributed by atoms with Crippen molar-refractivity contribution in [3.05, 3.63) is 146 Å². The van der Waals surface area contributed by atoms with Gasteiger partial charge in [-0.25, -0.2) is 9.97 Å². The average molecular weight is 537 g/mol. The van der Waals surface area contributed by atoms with E-state index in [-0.39, 0.29) is 0 Å². The van der Waals surface area contributed by atoms with Crippen molar-refractivity contribution >= 4 is 54.4 Å².